The molecule has 1 aliphatic rings. The van der Waals surface area contributed by atoms with Crippen molar-refractivity contribution < 1.29 is 19.1 Å². The fraction of sp³-hybridized carbons (Fsp3) is 0.154. The van der Waals surface area contributed by atoms with Crippen molar-refractivity contribution >= 4 is 28.3 Å². The highest BCUT2D eigenvalue weighted by Crippen LogP contribution is 2.41. The quantitative estimate of drug-likeness (QED) is 0.520. The van der Waals surface area contributed by atoms with Crippen LogP contribution < -0.4 is 0 Å². The average molecular weight is 398 g/mol. The lowest BCUT2D eigenvalue weighted by Crippen LogP contribution is -2.09. The van der Waals surface area contributed by atoms with Crippen LogP contribution in [0, 0.1) is 0 Å². The molecule has 3 aromatic carbocycles. The molecule has 4 nitrogen and oxygen atoms in total. The summed E-state index contributed by atoms with van der Waals surface area (Å²) in [6.07, 6.45) is 7.83. The van der Waals surface area contributed by atoms with Gasteiger partial charge in [0.05, 0.1) is 25.3 Å². The minimum Gasteiger partial charge on any atom is -0.465 e. The third-order valence-corrected chi connectivity index (χ3v) is 5.39. The number of esters is 2. The van der Waals surface area contributed by atoms with Crippen molar-refractivity contribution in [1.82, 2.24) is 0 Å². The molecule has 0 atom stereocenters. The molecule has 4 heteroatoms. The minimum absolute atomic E-state index is 0.398. The van der Waals surface area contributed by atoms with Gasteiger partial charge in [0, 0.05) is 11.1 Å². The second-order valence-electron chi connectivity index (χ2n) is 7.08. The summed E-state index contributed by atoms with van der Waals surface area (Å²) in [5.74, 6) is -0.812. The topological polar surface area (TPSA) is 52.6 Å². The van der Waals surface area contributed by atoms with Crippen LogP contribution in [0.15, 0.2) is 72.8 Å². The summed E-state index contributed by atoms with van der Waals surface area (Å²) in [5.41, 5.74) is 4.46. The molecule has 1 aliphatic carbocycles. The number of methoxy groups -OCH3 is 2. The van der Waals surface area contributed by atoms with Crippen LogP contribution in [0.2, 0.25) is 0 Å². The van der Waals surface area contributed by atoms with Gasteiger partial charge in [-0.15, -0.1) is 0 Å². The number of carbonyl (C=O) groups excluding carboxylic acids is 2. The molecule has 3 aromatic rings. The number of carbonyl (C=O) groups is 2. The summed E-state index contributed by atoms with van der Waals surface area (Å²) < 4.78 is 10.2. The fourth-order valence-electron chi connectivity index (χ4n) is 4.03. The van der Waals surface area contributed by atoms with Gasteiger partial charge in [-0.25, -0.2) is 9.59 Å². The van der Waals surface area contributed by atoms with E-state index in [-0.39, 0.29) is 0 Å². The van der Waals surface area contributed by atoms with Gasteiger partial charge in [-0.3, -0.25) is 0 Å². The zero-order valence-electron chi connectivity index (χ0n) is 17.0. The molecule has 0 unspecified atom stereocenters. The predicted molar refractivity (Wildman–Crippen MR) is 118 cm³/mol. The predicted octanol–water partition coefficient (Wildman–Crippen LogP) is 5.81. The molecule has 0 heterocycles. The standard InChI is InChI=1S/C26H22O4/c1-29-25(27)20-15-13-19-14-16-21(26(28)30-2)23(18-11-7-4-8-12-18)24(19)22(20)17-9-5-3-6-10-17/h3-7,9-11,13-16H,8,12H2,1-2H3. The highest BCUT2D eigenvalue weighted by atomic mass is 16.5. The van der Waals surface area contributed by atoms with Gasteiger partial charge in [0.15, 0.2) is 0 Å². The van der Waals surface area contributed by atoms with E-state index in [1.165, 1.54) is 14.2 Å². The maximum atomic E-state index is 12.7. The van der Waals surface area contributed by atoms with Gasteiger partial charge in [0.1, 0.15) is 0 Å². The summed E-state index contributed by atoms with van der Waals surface area (Å²) in [7, 11) is 2.76. The molecule has 0 fully saturated rings. The Kier molecular flexibility index (Phi) is 5.48. The zero-order chi connectivity index (χ0) is 21.1. The molecule has 0 aromatic heterocycles. The Balaban J connectivity index is 2.19. The highest BCUT2D eigenvalue weighted by molar-refractivity contribution is 6.15. The molecule has 4 rings (SSSR count). The molecular formula is C26H22O4. The van der Waals surface area contributed by atoms with E-state index >= 15 is 0 Å². The number of fused-ring (bicyclic) bond motifs is 1. The van der Waals surface area contributed by atoms with Crippen molar-refractivity contribution in [1.29, 1.82) is 0 Å². The molecule has 0 saturated carbocycles. The van der Waals surface area contributed by atoms with Crippen LogP contribution in [0.5, 0.6) is 0 Å². The average Bonchev–Trinajstić information content (AvgIpc) is 2.82. The Morgan fingerprint density at radius 2 is 1.43 bits per heavy atom. The highest BCUT2D eigenvalue weighted by Gasteiger charge is 2.24. The van der Waals surface area contributed by atoms with Crippen molar-refractivity contribution in [3.63, 3.8) is 0 Å². The van der Waals surface area contributed by atoms with Crippen molar-refractivity contribution in [2.45, 2.75) is 12.8 Å². The number of ether oxygens (including phenoxy) is 2. The van der Waals surface area contributed by atoms with Gasteiger partial charge in [-0.05, 0) is 46.9 Å². The Bertz CT molecular complexity index is 1180. The molecule has 0 aliphatic heterocycles. The minimum atomic E-state index is -0.414. The summed E-state index contributed by atoms with van der Waals surface area (Å²) in [6, 6.07) is 17.1. The van der Waals surface area contributed by atoms with Crippen LogP contribution in [0.3, 0.4) is 0 Å². The van der Waals surface area contributed by atoms with E-state index in [4.69, 9.17) is 9.47 Å². The van der Waals surface area contributed by atoms with Gasteiger partial charge >= 0.3 is 11.9 Å². The number of hydrogen-bond donors (Lipinski definition) is 0. The van der Waals surface area contributed by atoms with E-state index in [1.807, 2.05) is 54.6 Å². The lowest BCUT2D eigenvalue weighted by atomic mass is 9.84. The summed E-state index contributed by atoms with van der Waals surface area (Å²) >= 11 is 0. The summed E-state index contributed by atoms with van der Waals surface area (Å²) in [4.78, 5) is 25.4. The SMILES string of the molecule is COC(=O)c1ccc2ccc(C(=O)OC)c(-c3ccccc3)c2c1C1=CC=CCC1. The summed E-state index contributed by atoms with van der Waals surface area (Å²) in [5, 5.41) is 1.80. The van der Waals surface area contributed by atoms with Crippen LogP contribution >= 0.6 is 0 Å². The first kappa shape index (κ1) is 19.6. The van der Waals surface area contributed by atoms with Crippen LogP contribution in [-0.4, -0.2) is 26.2 Å². The van der Waals surface area contributed by atoms with E-state index < -0.39 is 11.9 Å². The Morgan fingerprint density at radius 1 is 0.800 bits per heavy atom. The Labute approximate surface area is 175 Å². The Hall–Kier alpha value is -3.66. The van der Waals surface area contributed by atoms with Gasteiger partial charge in [0.2, 0.25) is 0 Å². The lowest BCUT2D eigenvalue weighted by Gasteiger charge is -2.20. The fourth-order valence-corrected chi connectivity index (χ4v) is 4.03. The lowest BCUT2D eigenvalue weighted by molar-refractivity contribution is 0.0593. The number of allylic oxidation sites excluding steroid dienone is 4. The normalized spacial score (nSPS) is 13.1. The number of rotatable bonds is 4. The summed E-state index contributed by atoms with van der Waals surface area (Å²) in [6.45, 7) is 0. The van der Waals surface area contributed by atoms with Crippen LogP contribution in [0.25, 0.3) is 27.5 Å². The maximum Gasteiger partial charge on any atom is 0.338 e. The largest absolute Gasteiger partial charge is 0.465 e. The van der Waals surface area contributed by atoms with Gasteiger partial charge in [-0.2, -0.15) is 0 Å². The second-order valence-corrected chi connectivity index (χ2v) is 7.08. The van der Waals surface area contributed by atoms with Crippen molar-refractivity contribution in [2.75, 3.05) is 14.2 Å². The molecule has 0 bridgehead atoms. The molecular weight excluding hydrogens is 376 g/mol. The van der Waals surface area contributed by atoms with Gasteiger partial charge < -0.3 is 9.47 Å². The van der Waals surface area contributed by atoms with Crippen LogP contribution in [-0.2, 0) is 9.47 Å². The van der Waals surface area contributed by atoms with Crippen molar-refractivity contribution in [2.24, 2.45) is 0 Å². The van der Waals surface area contributed by atoms with E-state index in [2.05, 4.69) is 6.08 Å². The van der Waals surface area contributed by atoms with E-state index in [0.29, 0.717) is 11.1 Å². The first-order chi connectivity index (χ1) is 14.7. The molecule has 30 heavy (non-hydrogen) atoms. The smallest absolute Gasteiger partial charge is 0.338 e. The molecule has 0 N–H and O–H groups in total. The monoisotopic (exact) mass is 398 g/mol. The molecule has 0 spiro atoms. The first-order valence-electron chi connectivity index (χ1n) is 9.83. The van der Waals surface area contributed by atoms with E-state index in [1.54, 1.807) is 12.1 Å². The third kappa shape index (κ3) is 3.41. The number of hydrogen-bond acceptors (Lipinski definition) is 4. The van der Waals surface area contributed by atoms with Crippen LogP contribution in [0.1, 0.15) is 39.1 Å². The van der Waals surface area contributed by atoms with Gasteiger partial charge in [-0.1, -0.05) is 60.7 Å². The third-order valence-electron chi connectivity index (χ3n) is 5.39. The van der Waals surface area contributed by atoms with Crippen molar-refractivity contribution in [3.05, 3.63) is 89.5 Å². The maximum absolute atomic E-state index is 12.7. The molecule has 150 valence electrons. The van der Waals surface area contributed by atoms with Gasteiger partial charge in [0.25, 0.3) is 0 Å². The first-order valence-corrected chi connectivity index (χ1v) is 9.83. The Morgan fingerprint density at radius 3 is 2.00 bits per heavy atom. The van der Waals surface area contributed by atoms with E-state index in [0.717, 1.165) is 45.9 Å². The van der Waals surface area contributed by atoms with E-state index in [9.17, 15) is 9.59 Å². The molecule has 0 amide bonds. The van der Waals surface area contributed by atoms with Crippen molar-refractivity contribution in [3.8, 4) is 11.1 Å². The zero-order valence-corrected chi connectivity index (χ0v) is 17.0. The molecule has 0 saturated heterocycles. The molecule has 0 radical (unpaired) electrons. The van der Waals surface area contributed by atoms with Crippen LogP contribution in [0.4, 0.5) is 0 Å². The second kappa shape index (κ2) is 8.37. The number of benzene rings is 3.